The van der Waals surface area contributed by atoms with E-state index in [0.29, 0.717) is 18.5 Å². The standard InChI is InChI=1S/C19H25N5O8/c1-10-7-13(22-32-10)17(29)21-12-4-5-15(26)23-6-2-3-14(24(23)19(12)31)18(30)20-11(9-25)8-16(27)28/h7,9,11-14,22H,2-6,8H2,1H3,(H,20,30)(H,21,29)(H,27,28)/t11-,12-,13?,14-/m0/s1. The van der Waals surface area contributed by atoms with E-state index in [2.05, 4.69) is 16.1 Å². The number of hydrogen-bond donors (Lipinski definition) is 4. The van der Waals surface area contributed by atoms with E-state index in [1.54, 1.807) is 6.92 Å². The molecule has 1 unspecified atom stereocenters. The third kappa shape index (κ3) is 5.04. The van der Waals surface area contributed by atoms with Crippen molar-refractivity contribution in [3.05, 3.63) is 11.8 Å². The van der Waals surface area contributed by atoms with E-state index in [9.17, 15) is 28.8 Å². The molecular weight excluding hydrogens is 426 g/mol. The number of hydroxylamine groups is 1. The highest BCUT2D eigenvalue weighted by Gasteiger charge is 2.45. The van der Waals surface area contributed by atoms with Gasteiger partial charge < -0.3 is 25.4 Å². The van der Waals surface area contributed by atoms with Crippen molar-refractivity contribution >= 4 is 35.9 Å². The van der Waals surface area contributed by atoms with Gasteiger partial charge in [0.25, 0.3) is 5.91 Å². The summed E-state index contributed by atoms with van der Waals surface area (Å²) >= 11 is 0. The Bertz CT molecular complexity index is 859. The average Bonchev–Trinajstić information content (AvgIpc) is 3.16. The van der Waals surface area contributed by atoms with Gasteiger partial charge in [-0.1, -0.05) is 0 Å². The number of hydrazine groups is 1. The number of carbonyl (C=O) groups excluding carboxylic acids is 5. The van der Waals surface area contributed by atoms with Gasteiger partial charge in [0.1, 0.15) is 30.2 Å². The number of fused-ring (bicyclic) bond motifs is 1. The van der Waals surface area contributed by atoms with Gasteiger partial charge in [-0.3, -0.25) is 29.0 Å². The number of hydrogen-bond acceptors (Lipinski definition) is 8. The number of allylic oxidation sites excluding steroid dienone is 1. The first-order chi connectivity index (χ1) is 15.2. The van der Waals surface area contributed by atoms with Gasteiger partial charge in [0, 0.05) is 13.0 Å². The van der Waals surface area contributed by atoms with Gasteiger partial charge in [-0.05, 0) is 32.3 Å². The van der Waals surface area contributed by atoms with Crippen molar-refractivity contribution in [1.29, 1.82) is 0 Å². The number of aliphatic carboxylic acids is 1. The van der Waals surface area contributed by atoms with Crippen LogP contribution in [0.4, 0.5) is 0 Å². The second kappa shape index (κ2) is 9.77. The Morgan fingerprint density at radius 2 is 2.06 bits per heavy atom. The summed E-state index contributed by atoms with van der Waals surface area (Å²) in [5.74, 6) is -3.05. The molecule has 174 valence electrons. The molecule has 0 aromatic carbocycles. The Kier molecular flexibility index (Phi) is 7.08. The third-order valence-electron chi connectivity index (χ3n) is 5.40. The first kappa shape index (κ1) is 23.2. The second-order valence-corrected chi connectivity index (χ2v) is 7.78. The maximum absolute atomic E-state index is 13.3. The van der Waals surface area contributed by atoms with Crippen LogP contribution in [-0.2, 0) is 33.6 Å². The predicted molar refractivity (Wildman–Crippen MR) is 105 cm³/mol. The van der Waals surface area contributed by atoms with Gasteiger partial charge in [-0.2, -0.15) is 0 Å². The fourth-order valence-corrected chi connectivity index (χ4v) is 3.86. The summed E-state index contributed by atoms with van der Waals surface area (Å²) in [4.78, 5) is 78.3. The summed E-state index contributed by atoms with van der Waals surface area (Å²) in [6, 6.07) is -4.25. The summed E-state index contributed by atoms with van der Waals surface area (Å²) < 4.78 is 0. The molecule has 0 saturated carbocycles. The minimum Gasteiger partial charge on any atom is -0.481 e. The lowest BCUT2D eigenvalue weighted by Gasteiger charge is -2.43. The van der Waals surface area contributed by atoms with Crippen LogP contribution in [0.2, 0.25) is 0 Å². The Morgan fingerprint density at radius 1 is 1.31 bits per heavy atom. The van der Waals surface area contributed by atoms with Gasteiger partial charge in [0.05, 0.1) is 12.5 Å². The maximum Gasteiger partial charge on any atom is 0.305 e. The molecule has 0 bridgehead atoms. The molecule has 0 aromatic heterocycles. The summed E-state index contributed by atoms with van der Waals surface area (Å²) in [5, 5.41) is 16.0. The normalized spacial score (nSPS) is 26.3. The molecule has 4 atom stereocenters. The molecular formula is C19H25N5O8. The number of carboxylic acid groups (broad SMARTS) is 1. The molecule has 2 saturated heterocycles. The number of nitrogens with one attached hydrogen (secondary N) is 3. The van der Waals surface area contributed by atoms with Crippen molar-refractivity contribution in [2.24, 2.45) is 0 Å². The van der Waals surface area contributed by atoms with Crippen LogP contribution in [-0.4, -0.2) is 81.7 Å². The van der Waals surface area contributed by atoms with E-state index in [1.807, 2.05) is 0 Å². The van der Waals surface area contributed by atoms with E-state index in [-0.39, 0.29) is 31.7 Å². The number of nitrogens with zero attached hydrogens (tertiary/aromatic N) is 2. The number of carbonyl (C=O) groups is 6. The summed E-state index contributed by atoms with van der Waals surface area (Å²) in [6.07, 6.45) is 1.91. The van der Waals surface area contributed by atoms with Crippen LogP contribution >= 0.6 is 0 Å². The van der Waals surface area contributed by atoms with E-state index < -0.39 is 54.3 Å². The van der Waals surface area contributed by atoms with Crippen LogP contribution in [0, 0.1) is 0 Å². The molecule has 4 N–H and O–H groups in total. The molecule has 3 aliphatic rings. The Hall–Kier alpha value is -3.48. The van der Waals surface area contributed by atoms with Crippen LogP contribution in [0.15, 0.2) is 11.8 Å². The van der Waals surface area contributed by atoms with E-state index in [0.717, 1.165) is 5.01 Å². The van der Waals surface area contributed by atoms with Gasteiger partial charge in [0.2, 0.25) is 17.7 Å². The minimum atomic E-state index is -1.27. The molecule has 2 fully saturated rings. The zero-order valence-corrected chi connectivity index (χ0v) is 17.4. The second-order valence-electron chi connectivity index (χ2n) is 7.78. The van der Waals surface area contributed by atoms with Crippen LogP contribution in [0.5, 0.6) is 0 Å². The maximum atomic E-state index is 13.3. The molecule has 4 amide bonds. The molecule has 3 heterocycles. The van der Waals surface area contributed by atoms with Crippen molar-refractivity contribution in [1.82, 2.24) is 26.1 Å². The Morgan fingerprint density at radius 3 is 2.69 bits per heavy atom. The molecule has 3 rings (SSSR count). The number of amides is 4. The minimum absolute atomic E-state index is 0.0129. The Labute approximate surface area is 183 Å². The SMILES string of the molecule is CC1=CC(C(=O)N[C@H]2CCC(=O)N3CCC[C@@H](C(=O)N[C@H](C=O)CC(=O)O)N3C2=O)NO1. The molecule has 0 radical (unpaired) electrons. The molecule has 0 spiro atoms. The van der Waals surface area contributed by atoms with Gasteiger partial charge in [0.15, 0.2) is 0 Å². The van der Waals surface area contributed by atoms with Crippen molar-refractivity contribution < 1.29 is 38.7 Å². The van der Waals surface area contributed by atoms with Crippen molar-refractivity contribution in [2.45, 2.75) is 63.2 Å². The lowest BCUT2D eigenvalue weighted by atomic mass is 10.0. The first-order valence-electron chi connectivity index (χ1n) is 10.2. The van der Waals surface area contributed by atoms with Crippen LogP contribution in [0.3, 0.4) is 0 Å². The zero-order chi connectivity index (χ0) is 23.4. The van der Waals surface area contributed by atoms with Crippen molar-refractivity contribution in [2.75, 3.05) is 6.54 Å². The lowest BCUT2D eigenvalue weighted by Crippen LogP contribution is -2.64. The predicted octanol–water partition coefficient (Wildman–Crippen LogP) is -2.03. The van der Waals surface area contributed by atoms with E-state index >= 15 is 0 Å². The molecule has 13 nitrogen and oxygen atoms in total. The third-order valence-corrected chi connectivity index (χ3v) is 5.40. The van der Waals surface area contributed by atoms with Gasteiger partial charge in [-0.15, -0.1) is 5.48 Å². The summed E-state index contributed by atoms with van der Waals surface area (Å²) in [7, 11) is 0. The first-order valence-corrected chi connectivity index (χ1v) is 10.2. The molecule has 32 heavy (non-hydrogen) atoms. The van der Waals surface area contributed by atoms with Gasteiger partial charge in [-0.25, -0.2) is 5.01 Å². The van der Waals surface area contributed by atoms with E-state index in [1.165, 1.54) is 11.1 Å². The molecule has 13 heteroatoms. The quantitative estimate of drug-likeness (QED) is 0.318. The summed E-state index contributed by atoms with van der Waals surface area (Å²) in [6.45, 7) is 1.88. The molecule has 0 aliphatic carbocycles. The highest BCUT2D eigenvalue weighted by atomic mass is 16.7. The number of aldehydes is 1. The smallest absolute Gasteiger partial charge is 0.305 e. The molecule has 0 aromatic rings. The highest BCUT2D eigenvalue weighted by molar-refractivity contribution is 5.96. The fraction of sp³-hybridized carbons (Fsp3) is 0.579. The van der Waals surface area contributed by atoms with Gasteiger partial charge >= 0.3 is 5.97 Å². The fourth-order valence-electron chi connectivity index (χ4n) is 3.86. The largest absolute Gasteiger partial charge is 0.481 e. The Balaban J connectivity index is 1.78. The average molecular weight is 451 g/mol. The summed E-state index contributed by atoms with van der Waals surface area (Å²) in [5.41, 5.74) is 2.51. The molecule has 3 aliphatic heterocycles. The van der Waals surface area contributed by atoms with Crippen molar-refractivity contribution in [3.8, 4) is 0 Å². The van der Waals surface area contributed by atoms with Crippen LogP contribution < -0.4 is 16.1 Å². The monoisotopic (exact) mass is 451 g/mol. The van der Waals surface area contributed by atoms with E-state index in [4.69, 9.17) is 9.94 Å². The van der Waals surface area contributed by atoms with Crippen molar-refractivity contribution in [3.63, 3.8) is 0 Å². The van der Waals surface area contributed by atoms with Crippen LogP contribution in [0.1, 0.15) is 39.0 Å². The topological polar surface area (TPSA) is 174 Å². The van der Waals surface area contributed by atoms with Crippen LogP contribution in [0.25, 0.3) is 0 Å². The number of rotatable bonds is 7. The lowest BCUT2D eigenvalue weighted by molar-refractivity contribution is -0.176. The zero-order valence-electron chi connectivity index (χ0n) is 17.4. The number of carboxylic acids is 1. The highest BCUT2D eigenvalue weighted by Crippen LogP contribution is 2.25.